The van der Waals surface area contributed by atoms with Gasteiger partial charge in [0.05, 0.1) is 21.1 Å². The van der Waals surface area contributed by atoms with Crippen LogP contribution >= 0.6 is 23.2 Å². The van der Waals surface area contributed by atoms with E-state index < -0.39 is 11.3 Å². The highest BCUT2D eigenvalue weighted by atomic mass is 35.5. The van der Waals surface area contributed by atoms with Crippen LogP contribution in [0.15, 0.2) is 66.7 Å². The molecular formula is C25H23Cl2N4O3S-. The fraction of sp³-hybridized carbons (Fsp3) is 0.200. The number of aryl methyl sites for hydroxylation is 1. The summed E-state index contributed by atoms with van der Waals surface area (Å²) in [7, 11) is 0. The van der Waals surface area contributed by atoms with Crippen LogP contribution in [-0.2, 0) is 24.1 Å². The molecule has 0 saturated carbocycles. The first-order valence-corrected chi connectivity index (χ1v) is 12.8. The molecule has 0 spiro atoms. The van der Waals surface area contributed by atoms with E-state index >= 15 is 0 Å². The number of aromatic nitrogens is 2. The summed E-state index contributed by atoms with van der Waals surface area (Å²) in [5.41, 5.74) is 3.59. The van der Waals surface area contributed by atoms with E-state index in [1.165, 1.54) is 4.31 Å². The van der Waals surface area contributed by atoms with Gasteiger partial charge in [0.1, 0.15) is 5.82 Å². The van der Waals surface area contributed by atoms with Crippen molar-refractivity contribution in [2.45, 2.75) is 19.3 Å². The van der Waals surface area contributed by atoms with Gasteiger partial charge in [-0.3, -0.25) is 9.00 Å². The maximum atomic E-state index is 12.5. The van der Waals surface area contributed by atoms with Gasteiger partial charge >= 0.3 is 0 Å². The van der Waals surface area contributed by atoms with Gasteiger partial charge in [0, 0.05) is 42.0 Å². The van der Waals surface area contributed by atoms with Gasteiger partial charge < -0.3 is 19.2 Å². The van der Waals surface area contributed by atoms with Gasteiger partial charge in [-0.2, -0.15) is 0 Å². The molecule has 1 atom stereocenters. The molecule has 10 heteroatoms. The van der Waals surface area contributed by atoms with E-state index in [1.807, 2.05) is 30.3 Å². The lowest BCUT2D eigenvalue weighted by atomic mass is 10.1. The maximum Gasteiger partial charge on any atom is 0.251 e. The maximum absolute atomic E-state index is 12.5. The molecule has 35 heavy (non-hydrogen) atoms. The monoisotopic (exact) mass is 529 g/mol. The zero-order valence-electron chi connectivity index (χ0n) is 18.7. The average molecular weight is 530 g/mol. The van der Waals surface area contributed by atoms with Crippen LogP contribution in [0.4, 0.5) is 5.69 Å². The molecule has 1 amide bonds. The molecule has 0 bridgehead atoms. The molecule has 0 aliphatic carbocycles. The second-order valence-electron chi connectivity index (χ2n) is 7.89. The Morgan fingerprint density at radius 2 is 1.80 bits per heavy atom. The Bertz CT molecular complexity index is 1310. The predicted molar refractivity (Wildman–Crippen MR) is 140 cm³/mol. The Hall–Kier alpha value is -2.91. The number of aromatic amines is 1. The summed E-state index contributed by atoms with van der Waals surface area (Å²) in [6.45, 7) is 0.679. The summed E-state index contributed by atoms with van der Waals surface area (Å²) >= 11 is 9.76. The van der Waals surface area contributed by atoms with E-state index in [2.05, 4.69) is 15.3 Å². The number of H-pyrrole nitrogens is 1. The second kappa shape index (κ2) is 11.7. The Morgan fingerprint density at radius 1 is 1.03 bits per heavy atom. The number of carbonyl (C=O) groups is 1. The Morgan fingerprint density at radius 3 is 2.54 bits per heavy atom. The van der Waals surface area contributed by atoms with Gasteiger partial charge in [0.2, 0.25) is 0 Å². The van der Waals surface area contributed by atoms with Crippen molar-refractivity contribution in [3.63, 3.8) is 0 Å². The summed E-state index contributed by atoms with van der Waals surface area (Å²) in [6, 6.07) is 19.5. The summed E-state index contributed by atoms with van der Waals surface area (Å²) in [4.78, 5) is 20.3. The first-order valence-electron chi connectivity index (χ1n) is 11.0. The first-order chi connectivity index (χ1) is 16.9. The number of hydrogen-bond donors (Lipinski definition) is 2. The molecule has 4 aromatic rings. The fourth-order valence-electron chi connectivity index (χ4n) is 3.72. The Balaban J connectivity index is 1.30. The van der Waals surface area contributed by atoms with Crippen LogP contribution in [0.2, 0.25) is 10.0 Å². The number of amides is 1. The molecule has 0 fully saturated rings. The number of anilines is 1. The molecule has 4 rings (SSSR count). The Labute approximate surface area is 215 Å². The molecule has 2 N–H and O–H groups in total. The molecule has 0 radical (unpaired) electrons. The lowest BCUT2D eigenvalue weighted by Crippen LogP contribution is -2.28. The third-order valence-corrected chi connectivity index (χ3v) is 7.14. The van der Waals surface area contributed by atoms with Gasteiger partial charge in [0.25, 0.3) is 5.91 Å². The highest BCUT2D eigenvalue weighted by molar-refractivity contribution is 7.80. The third-order valence-electron chi connectivity index (χ3n) is 5.53. The molecule has 1 aromatic heterocycles. The predicted octanol–water partition coefficient (Wildman–Crippen LogP) is 5.08. The molecule has 0 aliphatic heterocycles. The standard InChI is InChI=1S/C25H24Cl2N4O3S/c26-20-6-3-5-17(24(20)27)14-16-31(35(33)34)19-12-10-18(11-13-19)25(32)28-15-4-9-23-29-21-7-1-2-8-22(21)30-23/h1-3,5-8,10-13H,4,9,14-16H2,(H,28,32)(H,29,30)(H,33,34)/p-1. The van der Waals surface area contributed by atoms with Crippen LogP contribution in [0, 0.1) is 0 Å². The van der Waals surface area contributed by atoms with Crippen molar-refractivity contribution in [2.24, 2.45) is 0 Å². The van der Waals surface area contributed by atoms with Crippen LogP contribution in [0.3, 0.4) is 0 Å². The average Bonchev–Trinajstić information content (AvgIpc) is 3.27. The number of nitrogens with one attached hydrogen (secondary N) is 2. The highest BCUT2D eigenvalue weighted by Gasteiger charge is 2.12. The normalized spacial score (nSPS) is 12.0. The zero-order chi connectivity index (χ0) is 24.8. The molecule has 0 aliphatic rings. The highest BCUT2D eigenvalue weighted by Crippen LogP contribution is 2.26. The van der Waals surface area contributed by atoms with Gasteiger partial charge in [-0.1, -0.05) is 47.5 Å². The van der Waals surface area contributed by atoms with Crippen LogP contribution < -0.4 is 9.62 Å². The fourth-order valence-corrected chi connectivity index (χ4v) is 4.66. The number of fused-ring (bicyclic) bond motifs is 1. The van der Waals surface area contributed by atoms with E-state index in [0.29, 0.717) is 34.3 Å². The van der Waals surface area contributed by atoms with E-state index in [1.54, 1.807) is 36.4 Å². The SMILES string of the molecule is O=C(NCCCc1nc2ccccc2[nH]1)c1ccc(N(CCc2cccc(Cl)c2Cl)S(=O)[O-])cc1. The van der Waals surface area contributed by atoms with Crippen molar-refractivity contribution in [1.82, 2.24) is 15.3 Å². The summed E-state index contributed by atoms with van der Waals surface area (Å²) in [5.74, 6) is 0.663. The van der Waals surface area contributed by atoms with Crippen molar-refractivity contribution < 1.29 is 13.6 Å². The number of halogens is 2. The van der Waals surface area contributed by atoms with Crippen LogP contribution in [0.5, 0.6) is 0 Å². The minimum atomic E-state index is -2.49. The van der Waals surface area contributed by atoms with Crippen molar-refractivity contribution in [3.8, 4) is 0 Å². The third kappa shape index (κ3) is 6.41. The Kier molecular flexibility index (Phi) is 8.41. The van der Waals surface area contributed by atoms with E-state index in [4.69, 9.17) is 23.2 Å². The number of para-hydroxylation sites is 2. The molecule has 7 nitrogen and oxygen atoms in total. The quantitative estimate of drug-likeness (QED) is 0.221. The lowest BCUT2D eigenvalue weighted by Gasteiger charge is -2.26. The molecular weight excluding hydrogens is 507 g/mol. The summed E-state index contributed by atoms with van der Waals surface area (Å²) in [5, 5.41) is 3.73. The van der Waals surface area contributed by atoms with Crippen molar-refractivity contribution in [2.75, 3.05) is 17.4 Å². The van der Waals surface area contributed by atoms with Crippen molar-refractivity contribution in [3.05, 3.63) is 93.7 Å². The smallest absolute Gasteiger partial charge is 0.251 e. The van der Waals surface area contributed by atoms with Crippen LogP contribution in [0.1, 0.15) is 28.2 Å². The summed E-state index contributed by atoms with van der Waals surface area (Å²) in [6.07, 6.45) is 1.84. The van der Waals surface area contributed by atoms with Crippen molar-refractivity contribution in [1.29, 1.82) is 0 Å². The minimum absolute atomic E-state index is 0.184. The van der Waals surface area contributed by atoms with Crippen LogP contribution in [-0.4, -0.2) is 37.7 Å². The van der Waals surface area contributed by atoms with E-state index in [9.17, 15) is 13.6 Å². The minimum Gasteiger partial charge on any atom is -0.755 e. The van der Waals surface area contributed by atoms with Crippen molar-refractivity contribution >= 4 is 57.1 Å². The number of nitrogens with zero attached hydrogens (tertiary/aromatic N) is 2. The lowest BCUT2D eigenvalue weighted by molar-refractivity contribution is 0.0953. The number of carbonyl (C=O) groups excluding carboxylic acids is 1. The number of rotatable bonds is 10. The summed E-state index contributed by atoms with van der Waals surface area (Å²) < 4.78 is 24.9. The van der Waals surface area contributed by atoms with Gasteiger partial charge in [-0.05, 0) is 60.9 Å². The number of hydrogen-bond acceptors (Lipinski definition) is 4. The first kappa shape index (κ1) is 25.2. The van der Waals surface area contributed by atoms with Gasteiger partial charge in [-0.15, -0.1) is 0 Å². The van der Waals surface area contributed by atoms with E-state index in [-0.39, 0.29) is 12.5 Å². The second-order valence-corrected chi connectivity index (χ2v) is 9.55. The molecule has 3 aromatic carbocycles. The molecule has 1 unspecified atom stereocenters. The number of benzene rings is 3. The van der Waals surface area contributed by atoms with Gasteiger partial charge in [-0.25, -0.2) is 4.98 Å². The number of imidazole rings is 1. The zero-order valence-corrected chi connectivity index (χ0v) is 21.0. The molecule has 1 heterocycles. The molecule has 0 saturated heterocycles. The van der Waals surface area contributed by atoms with Crippen LogP contribution in [0.25, 0.3) is 11.0 Å². The van der Waals surface area contributed by atoms with Gasteiger partial charge in [0.15, 0.2) is 0 Å². The largest absolute Gasteiger partial charge is 0.755 e. The molecule has 182 valence electrons. The van der Waals surface area contributed by atoms with E-state index in [0.717, 1.165) is 35.3 Å². The topological polar surface area (TPSA) is 101 Å².